The summed E-state index contributed by atoms with van der Waals surface area (Å²) in [5.41, 5.74) is 9.24. The number of aryl methyl sites for hydroxylation is 1. The van der Waals surface area contributed by atoms with Crippen LogP contribution >= 0.6 is 11.3 Å². The second-order valence-corrected chi connectivity index (χ2v) is 8.06. The lowest BCUT2D eigenvalue weighted by atomic mass is 10.0. The van der Waals surface area contributed by atoms with Crippen molar-refractivity contribution >= 4 is 27.4 Å². The topological polar surface area (TPSA) is 92.5 Å². The van der Waals surface area contributed by atoms with Gasteiger partial charge in [-0.25, -0.2) is 0 Å². The third-order valence-corrected chi connectivity index (χ3v) is 5.64. The van der Waals surface area contributed by atoms with Gasteiger partial charge in [-0.2, -0.15) is 18.3 Å². The maximum atomic E-state index is 12.6. The van der Waals surface area contributed by atoms with Crippen LogP contribution in [0.4, 0.5) is 18.3 Å². The van der Waals surface area contributed by atoms with Gasteiger partial charge in [0.05, 0.1) is 17.3 Å². The fraction of sp³-hybridized carbons (Fsp3) is 0.250. The van der Waals surface area contributed by atoms with Gasteiger partial charge in [0.1, 0.15) is 5.01 Å². The molecule has 4 rings (SSSR count). The highest BCUT2D eigenvalue weighted by molar-refractivity contribution is 7.18. The number of fused-ring (bicyclic) bond motifs is 1. The number of rotatable bonds is 6. The molecule has 10 heteroatoms. The van der Waals surface area contributed by atoms with Crippen LogP contribution in [0, 0.1) is 6.92 Å². The van der Waals surface area contributed by atoms with Crippen molar-refractivity contribution in [3.63, 3.8) is 0 Å². The number of halogens is 3. The van der Waals surface area contributed by atoms with Crippen LogP contribution in [0.15, 0.2) is 42.6 Å². The van der Waals surface area contributed by atoms with Crippen molar-refractivity contribution in [2.75, 3.05) is 11.9 Å². The van der Waals surface area contributed by atoms with E-state index in [-0.39, 0.29) is 6.04 Å². The Balaban J connectivity index is 1.37. The van der Waals surface area contributed by atoms with Crippen LogP contribution < -0.4 is 11.1 Å². The SMILES string of the molecule is Cc1cc(-c2nnc(NC[C@@H](N)Cc3ccc(C(F)(F)F)cc3)s2)cc2cn[nH]c12. The maximum absolute atomic E-state index is 12.6. The second-order valence-electron chi connectivity index (χ2n) is 7.08. The van der Waals surface area contributed by atoms with Crippen LogP contribution in [0.2, 0.25) is 0 Å². The van der Waals surface area contributed by atoms with Gasteiger partial charge in [0.25, 0.3) is 0 Å². The smallest absolute Gasteiger partial charge is 0.359 e. The molecular weight excluding hydrogens is 413 g/mol. The van der Waals surface area contributed by atoms with Gasteiger partial charge in [0.15, 0.2) is 0 Å². The zero-order valence-electron chi connectivity index (χ0n) is 16.0. The normalized spacial score (nSPS) is 13.0. The minimum Gasteiger partial charge on any atom is -0.359 e. The fourth-order valence-electron chi connectivity index (χ4n) is 3.19. The monoisotopic (exact) mass is 432 g/mol. The quantitative estimate of drug-likeness (QED) is 0.420. The van der Waals surface area contributed by atoms with Crippen LogP contribution in [-0.4, -0.2) is 33.0 Å². The van der Waals surface area contributed by atoms with E-state index in [1.165, 1.54) is 23.5 Å². The first-order valence-corrected chi connectivity index (χ1v) is 10.0. The summed E-state index contributed by atoms with van der Waals surface area (Å²) >= 11 is 1.41. The van der Waals surface area contributed by atoms with Crippen molar-refractivity contribution < 1.29 is 13.2 Å². The fourth-order valence-corrected chi connectivity index (χ4v) is 3.93. The number of nitrogens with zero attached hydrogens (tertiary/aromatic N) is 3. The number of alkyl halides is 3. The van der Waals surface area contributed by atoms with Crippen LogP contribution in [0.5, 0.6) is 0 Å². The molecule has 0 aliphatic carbocycles. The molecular formula is C20H19F3N6S. The van der Waals surface area contributed by atoms with E-state index in [0.29, 0.717) is 18.1 Å². The average molecular weight is 432 g/mol. The predicted octanol–water partition coefficient (Wildman–Crippen LogP) is 4.39. The van der Waals surface area contributed by atoms with Gasteiger partial charge < -0.3 is 11.1 Å². The number of hydrogen-bond donors (Lipinski definition) is 3. The summed E-state index contributed by atoms with van der Waals surface area (Å²) in [6, 6.07) is 8.82. The molecule has 1 atom stereocenters. The highest BCUT2D eigenvalue weighted by atomic mass is 32.1. The largest absolute Gasteiger partial charge is 0.416 e. The van der Waals surface area contributed by atoms with Crippen molar-refractivity contribution in [2.45, 2.75) is 25.6 Å². The van der Waals surface area contributed by atoms with Crippen molar-refractivity contribution in [3.8, 4) is 10.6 Å². The van der Waals surface area contributed by atoms with E-state index in [0.717, 1.165) is 44.7 Å². The zero-order chi connectivity index (χ0) is 21.3. The standard InChI is InChI=1S/C20H19F3N6S/c1-11-6-13(8-14-9-26-27-17(11)14)18-28-29-19(30-18)25-10-16(24)7-12-2-4-15(5-3-12)20(21,22)23/h2-6,8-9,16H,7,10,24H2,1H3,(H,25,29)(H,26,27)/t16-/m0/s1. The van der Waals surface area contributed by atoms with Gasteiger partial charge in [-0.3, -0.25) is 5.10 Å². The lowest BCUT2D eigenvalue weighted by molar-refractivity contribution is -0.137. The minimum atomic E-state index is -4.33. The first-order chi connectivity index (χ1) is 14.3. The Morgan fingerprint density at radius 1 is 1.17 bits per heavy atom. The molecule has 30 heavy (non-hydrogen) atoms. The first kappa shape index (κ1) is 20.3. The van der Waals surface area contributed by atoms with E-state index in [1.807, 2.05) is 19.1 Å². The van der Waals surface area contributed by atoms with E-state index in [9.17, 15) is 13.2 Å². The molecule has 0 unspecified atom stereocenters. The van der Waals surface area contributed by atoms with Gasteiger partial charge in [-0.15, -0.1) is 10.2 Å². The van der Waals surface area contributed by atoms with E-state index in [4.69, 9.17) is 5.73 Å². The highest BCUT2D eigenvalue weighted by Gasteiger charge is 2.29. The molecule has 0 spiro atoms. The van der Waals surface area contributed by atoms with E-state index in [2.05, 4.69) is 25.7 Å². The van der Waals surface area contributed by atoms with E-state index >= 15 is 0 Å². The average Bonchev–Trinajstić information content (AvgIpc) is 3.36. The molecule has 4 aromatic rings. The molecule has 0 aliphatic heterocycles. The molecule has 2 aromatic heterocycles. The third kappa shape index (κ3) is 4.44. The second kappa shape index (κ2) is 8.04. The molecule has 0 aliphatic rings. The molecule has 2 heterocycles. The molecule has 4 N–H and O–H groups in total. The van der Waals surface area contributed by atoms with Gasteiger partial charge in [-0.05, 0) is 48.7 Å². The van der Waals surface area contributed by atoms with Crippen LogP contribution in [0.25, 0.3) is 21.5 Å². The van der Waals surface area contributed by atoms with Gasteiger partial charge >= 0.3 is 6.18 Å². The van der Waals surface area contributed by atoms with Crippen molar-refractivity contribution in [1.82, 2.24) is 20.4 Å². The number of nitrogens with two attached hydrogens (primary N) is 1. The molecule has 0 saturated carbocycles. The Morgan fingerprint density at radius 2 is 1.93 bits per heavy atom. The number of anilines is 1. The summed E-state index contributed by atoms with van der Waals surface area (Å²) in [6.45, 7) is 2.43. The lowest BCUT2D eigenvalue weighted by Gasteiger charge is -2.13. The van der Waals surface area contributed by atoms with Crippen LogP contribution in [0.1, 0.15) is 16.7 Å². The summed E-state index contributed by atoms with van der Waals surface area (Å²) in [5.74, 6) is 0. The number of aromatic nitrogens is 4. The third-order valence-electron chi connectivity index (χ3n) is 4.71. The van der Waals surface area contributed by atoms with E-state index in [1.54, 1.807) is 6.20 Å². The summed E-state index contributed by atoms with van der Waals surface area (Å²) in [4.78, 5) is 0. The number of nitrogens with one attached hydrogen (secondary N) is 2. The lowest BCUT2D eigenvalue weighted by Crippen LogP contribution is -2.31. The Morgan fingerprint density at radius 3 is 2.67 bits per heavy atom. The Kier molecular flexibility index (Phi) is 5.44. The maximum Gasteiger partial charge on any atom is 0.416 e. The van der Waals surface area contributed by atoms with Crippen molar-refractivity contribution in [3.05, 3.63) is 59.3 Å². The Bertz CT molecular complexity index is 1150. The summed E-state index contributed by atoms with van der Waals surface area (Å²) in [7, 11) is 0. The summed E-state index contributed by atoms with van der Waals surface area (Å²) < 4.78 is 37.9. The minimum absolute atomic E-state index is 0.279. The van der Waals surface area contributed by atoms with Crippen LogP contribution in [0.3, 0.4) is 0 Å². The molecule has 0 fully saturated rings. The van der Waals surface area contributed by atoms with E-state index < -0.39 is 11.7 Å². The van der Waals surface area contributed by atoms with Crippen molar-refractivity contribution in [2.24, 2.45) is 5.73 Å². The first-order valence-electron chi connectivity index (χ1n) is 9.23. The number of hydrogen-bond acceptors (Lipinski definition) is 6. The summed E-state index contributed by atoms with van der Waals surface area (Å²) in [5, 5.41) is 21.0. The van der Waals surface area contributed by atoms with Crippen molar-refractivity contribution in [1.29, 1.82) is 0 Å². The zero-order valence-corrected chi connectivity index (χ0v) is 16.8. The highest BCUT2D eigenvalue weighted by Crippen LogP contribution is 2.31. The molecule has 2 aromatic carbocycles. The molecule has 0 bridgehead atoms. The Hall–Kier alpha value is -2.98. The molecule has 6 nitrogen and oxygen atoms in total. The van der Waals surface area contributed by atoms with Gasteiger partial charge in [-0.1, -0.05) is 23.5 Å². The summed E-state index contributed by atoms with van der Waals surface area (Å²) in [6.07, 6.45) is -2.11. The Labute approximate surface area is 174 Å². The number of H-pyrrole nitrogens is 1. The molecule has 0 saturated heterocycles. The predicted molar refractivity (Wildman–Crippen MR) is 111 cm³/mol. The van der Waals surface area contributed by atoms with Gasteiger partial charge in [0.2, 0.25) is 5.13 Å². The number of benzene rings is 2. The molecule has 0 amide bonds. The van der Waals surface area contributed by atoms with Crippen LogP contribution in [-0.2, 0) is 12.6 Å². The molecule has 0 radical (unpaired) electrons. The molecule has 156 valence electrons. The number of aromatic amines is 1. The van der Waals surface area contributed by atoms with Gasteiger partial charge in [0, 0.05) is 23.5 Å².